The summed E-state index contributed by atoms with van der Waals surface area (Å²) in [6.45, 7) is 0.555. The van der Waals surface area contributed by atoms with E-state index in [0.717, 1.165) is 10.4 Å². The molecule has 0 unspecified atom stereocenters. The highest BCUT2D eigenvalue weighted by molar-refractivity contribution is 7.09. The van der Waals surface area contributed by atoms with Crippen molar-refractivity contribution in [2.45, 2.75) is 19.0 Å². The van der Waals surface area contributed by atoms with E-state index in [9.17, 15) is 4.79 Å². The second-order valence-electron chi connectivity index (χ2n) is 4.09. The Morgan fingerprint density at radius 1 is 1.21 bits per heavy atom. The van der Waals surface area contributed by atoms with Crippen LogP contribution in [0.3, 0.4) is 0 Å². The van der Waals surface area contributed by atoms with Gasteiger partial charge in [-0.3, -0.25) is 4.79 Å². The van der Waals surface area contributed by atoms with Crippen LogP contribution in [0.4, 0.5) is 0 Å². The highest BCUT2D eigenvalue weighted by Gasteiger charge is 2.13. The van der Waals surface area contributed by atoms with Gasteiger partial charge in [-0.05, 0) is 23.4 Å². The van der Waals surface area contributed by atoms with Crippen LogP contribution in [0.1, 0.15) is 10.4 Å². The van der Waals surface area contributed by atoms with Gasteiger partial charge >= 0.3 is 0 Å². The molecule has 2 aromatic rings. The number of carbonyl (C=O) groups excluding carboxylic acids is 1. The van der Waals surface area contributed by atoms with Crippen LogP contribution in [-0.4, -0.2) is 11.9 Å². The Bertz CT molecular complexity index is 487. The van der Waals surface area contributed by atoms with Crippen molar-refractivity contribution in [2.75, 3.05) is 0 Å². The van der Waals surface area contributed by atoms with E-state index in [2.05, 4.69) is 5.32 Å². The largest absolute Gasteiger partial charge is 0.350 e. The Hall–Kier alpha value is -1.36. The lowest BCUT2D eigenvalue weighted by atomic mass is 10.1. The molecule has 1 heterocycles. The lowest BCUT2D eigenvalue weighted by Gasteiger charge is -2.11. The van der Waals surface area contributed by atoms with E-state index in [1.807, 2.05) is 47.8 Å². The first-order chi connectivity index (χ1) is 8.75. The van der Waals surface area contributed by atoms with Gasteiger partial charge in [0.2, 0.25) is 5.91 Å². The fraction of sp³-hybridized carbons (Fsp3) is 0.214. The predicted octanol–water partition coefficient (Wildman–Crippen LogP) is 2.36. The second-order valence-corrected chi connectivity index (χ2v) is 5.13. The summed E-state index contributed by atoms with van der Waals surface area (Å²) in [4.78, 5) is 12.9. The standard InChI is InChI=1S/C14H16N2OS.ClH/c15-13(9-11-5-2-1-3-6-11)14(17)16-10-12-7-4-8-18-12;/h1-8,13H,9-10,15H2,(H,16,17);1H/t13-;/m0./s1. The Morgan fingerprint density at radius 3 is 2.58 bits per heavy atom. The molecule has 0 spiro atoms. The van der Waals surface area contributed by atoms with E-state index >= 15 is 0 Å². The van der Waals surface area contributed by atoms with Gasteiger partial charge in [-0.1, -0.05) is 36.4 Å². The molecule has 102 valence electrons. The Balaban J connectivity index is 0.00000180. The lowest BCUT2D eigenvalue weighted by Crippen LogP contribution is -2.41. The van der Waals surface area contributed by atoms with Gasteiger partial charge in [-0.25, -0.2) is 0 Å². The van der Waals surface area contributed by atoms with E-state index in [4.69, 9.17) is 5.73 Å². The summed E-state index contributed by atoms with van der Waals surface area (Å²) in [6.07, 6.45) is 0.567. The zero-order valence-corrected chi connectivity index (χ0v) is 12.0. The molecule has 1 aromatic carbocycles. The van der Waals surface area contributed by atoms with E-state index in [1.165, 1.54) is 0 Å². The zero-order valence-electron chi connectivity index (χ0n) is 10.4. The number of rotatable bonds is 5. The molecule has 0 aliphatic rings. The first kappa shape index (κ1) is 15.7. The fourth-order valence-electron chi connectivity index (χ4n) is 1.68. The molecule has 0 aliphatic heterocycles. The average Bonchev–Trinajstić information content (AvgIpc) is 2.90. The van der Waals surface area contributed by atoms with Crippen LogP contribution in [0, 0.1) is 0 Å². The summed E-state index contributed by atoms with van der Waals surface area (Å²) in [5.41, 5.74) is 6.96. The minimum absolute atomic E-state index is 0. The average molecular weight is 297 g/mol. The zero-order chi connectivity index (χ0) is 12.8. The molecule has 0 radical (unpaired) electrons. The van der Waals surface area contributed by atoms with Crippen molar-refractivity contribution < 1.29 is 4.79 Å². The first-order valence-corrected chi connectivity index (χ1v) is 6.73. The quantitative estimate of drug-likeness (QED) is 0.890. The van der Waals surface area contributed by atoms with E-state index in [1.54, 1.807) is 11.3 Å². The Morgan fingerprint density at radius 2 is 1.95 bits per heavy atom. The van der Waals surface area contributed by atoms with Gasteiger partial charge in [0.15, 0.2) is 0 Å². The number of nitrogens with one attached hydrogen (secondary N) is 1. The Labute approximate surface area is 123 Å². The third-order valence-electron chi connectivity index (χ3n) is 2.65. The highest BCUT2D eigenvalue weighted by Crippen LogP contribution is 2.07. The summed E-state index contributed by atoms with van der Waals surface area (Å²) in [7, 11) is 0. The molecule has 1 aromatic heterocycles. The molecule has 0 fully saturated rings. The number of hydrogen-bond donors (Lipinski definition) is 2. The summed E-state index contributed by atoms with van der Waals surface area (Å²) in [6, 6.07) is 13.3. The molecular formula is C14H17ClN2OS. The third-order valence-corrected chi connectivity index (χ3v) is 3.53. The highest BCUT2D eigenvalue weighted by atomic mass is 35.5. The van der Waals surface area contributed by atoms with Crippen LogP contribution in [0.2, 0.25) is 0 Å². The van der Waals surface area contributed by atoms with Crippen molar-refractivity contribution in [3.05, 3.63) is 58.3 Å². The monoisotopic (exact) mass is 296 g/mol. The van der Waals surface area contributed by atoms with E-state index in [-0.39, 0.29) is 18.3 Å². The van der Waals surface area contributed by atoms with Gasteiger partial charge in [-0.2, -0.15) is 0 Å². The van der Waals surface area contributed by atoms with Crippen LogP contribution < -0.4 is 11.1 Å². The fourth-order valence-corrected chi connectivity index (χ4v) is 2.32. The molecule has 19 heavy (non-hydrogen) atoms. The summed E-state index contributed by atoms with van der Waals surface area (Å²) < 4.78 is 0. The number of nitrogens with two attached hydrogens (primary N) is 1. The SMILES string of the molecule is Cl.N[C@@H](Cc1ccccc1)C(=O)NCc1cccs1. The number of thiophene rings is 1. The van der Waals surface area contributed by atoms with Crippen molar-refractivity contribution in [2.24, 2.45) is 5.73 Å². The molecule has 2 rings (SSSR count). The van der Waals surface area contributed by atoms with Crippen molar-refractivity contribution in [3.8, 4) is 0 Å². The van der Waals surface area contributed by atoms with Crippen molar-refractivity contribution in [1.82, 2.24) is 5.32 Å². The maximum atomic E-state index is 11.8. The molecule has 0 bridgehead atoms. The molecule has 0 saturated heterocycles. The molecular weight excluding hydrogens is 280 g/mol. The molecule has 3 N–H and O–H groups in total. The maximum absolute atomic E-state index is 11.8. The molecule has 0 aliphatic carbocycles. The minimum Gasteiger partial charge on any atom is -0.350 e. The summed E-state index contributed by atoms with van der Waals surface area (Å²) >= 11 is 1.63. The number of benzene rings is 1. The van der Waals surface area contributed by atoms with Gasteiger partial charge in [0.25, 0.3) is 0 Å². The topological polar surface area (TPSA) is 55.1 Å². The van der Waals surface area contributed by atoms with Crippen molar-refractivity contribution in [1.29, 1.82) is 0 Å². The van der Waals surface area contributed by atoms with Gasteiger partial charge in [0.1, 0.15) is 0 Å². The summed E-state index contributed by atoms with van der Waals surface area (Å²) in [5.74, 6) is -0.104. The molecule has 0 saturated carbocycles. The number of carbonyl (C=O) groups is 1. The lowest BCUT2D eigenvalue weighted by molar-refractivity contribution is -0.122. The van der Waals surface area contributed by atoms with Gasteiger partial charge in [-0.15, -0.1) is 23.7 Å². The minimum atomic E-state index is -0.493. The number of amides is 1. The molecule has 3 nitrogen and oxygen atoms in total. The first-order valence-electron chi connectivity index (χ1n) is 5.85. The van der Waals surface area contributed by atoms with Crippen LogP contribution >= 0.6 is 23.7 Å². The predicted molar refractivity (Wildman–Crippen MR) is 81.5 cm³/mol. The van der Waals surface area contributed by atoms with Crippen LogP contribution in [0.5, 0.6) is 0 Å². The van der Waals surface area contributed by atoms with Gasteiger partial charge in [0, 0.05) is 4.88 Å². The van der Waals surface area contributed by atoms with Crippen molar-refractivity contribution >= 4 is 29.7 Å². The van der Waals surface area contributed by atoms with Gasteiger partial charge in [0.05, 0.1) is 12.6 Å². The van der Waals surface area contributed by atoms with Crippen LogP contribution in [-0.2, 0) is 17.8 Å². The maximum Gasteiger partial charge on any atom is 0.237 e. The number of halogens is 1. The Kier molecular flexibility index (Phi) is 6.56. The van der Waals surface area contributed by atoms with E-state index in [0.29, 0.717) is 13.0 Å². The van der Waals surface area contributed by atoms with Gasteiger partial charge < -0.3 is 11.1 Å². The normalized spacial score (nSPS) is 11.4. The second kappa shape index (κ2) is 7.94. The number of hydrogen-bond acceptors (Lipinski definition) is 3. The van der Waals surface area contributed by atoms with Crippen LogP contribution in [0.15, 0.2) is 47.8 Å². The molecule has 1 amide bonds. The van der Waals surface area contributed by atoms with Crippen molar-refractivity contribution in [3.63, 3.8) is 0 Å². The summed E-state index contributed by atoms with van der Waals surface area (Å²) in [5, 5.41) is 4.84. The van der Waals surface area contributed by atoms with E-state index < -0.39 is 6.04 Å². The third kappa shape index (κ3) is 5.03. The molecule has 1 atom stereocenters. The smallest absolute Gasteiger partial charge is 0.237 e. The molecule has 5 heteroatoms. The van der Waals surface area contributed by atoms with Crippen LogP contribution in [0.25, 0.3) is 0 Å².